The van der Waals surface area contributed by atoms with Gasteiger partial charge in [-0.15, -0.1) is 0 Å². The summed E-state index contributed by atoms with van der Waals surface area (Å²) in [5.41, 5.74) is 5.48. The van der Waals surface area contributed by atoms with Gasteiger partial charge in [-0.3, -0.25) is 4.99 Å². The molecule has 0 radical (unpaired) electrons. The zero-order valence-corrected chi connectivity index (χ0v) is 14.7. The van der Waals surface area contributed by atoms with Crippen LogP contribution in [-0.4, -0.2) is 21.1 Å². The molecular weight excluding hydrogens is 308 g/mol. The Balaban J connectivity index is 2.15. The molecule has 3 heteroatoms. The van der Waals surface area contributed by atoms with E-state index in [1.807, 2.05) is 32.3 Å². The molecule has 0 fully saturated rings. The molecule has 1 heterocycles. The third kappa shape index (κ3) is 2.68. The molecule has 0 aromatic heterocycles. The van der Waals surface area contributed by atoms with Crippen LogP contribution in [0.4, 0.5) is 5.69 Å². The van der Waals surface area contributed by atoms with Crippen molar-refractivity contribution in [2.24, 2.45) is 4.99 Å². The van der Waals surface area contributed by atoms with Crippen LogP contribution in [-0.2, 0) is 0 Å². The molecule has 0 saturated heterocycles. The van der Waals surface area contributed by atoms with Crippen LogP contribution in [0, 0.1) is 0 Å². The Morgan fingerprint density at radius 2 is 1.68 bits per heavy atom. The molecule has 3 nitrogen and oxygen atoms in total. The number of rotatable bonds is 2. The van der Waals surface area contributed by atoms with E-state index in [9.17, 15) is 0 Å². The molecular formula is C22H20N2O. The first kappa shape index (κ1) is 15.5. The van der Waals surface area contributed by atoms with Gasteiger partial charge >= 0.3 is 0 Å². The molecule has 1 aliphatic heterocycles. The molecule has 0 spiro atoms. The maximum atomic E-state index is 6.25. The molecule has 4 rings (SSSR count). The molecule has 0 amide bonds. The fourth-order valence-corrected chi connectivity index (χ4v) is 3.20. The average molecular weight is 328 g/mol. The molecule has 0 unspecified atom stereocenters. The van der Waals surface area contributed by atoms with Crippen molar-refractivity contribution in [2.45, 2.75) is 0 Å². The summed E-state index contributed by atoms with van der Waals surface area (Å²) in [7, 11) is 5.87. The average Bonchev–Trinajstić information content (AvgIpc) is 2.65. The second-order valence-corrected chi connectivity index (χ2v) is 6.32. The van der Waals surface area contributed by atoms with Gasteiger partial charge in [-0.2, -0.15) is 0 Å². The fraction of sp³-hybridized carbons (Fsp3) is 0.136. The van der Waals surface area contributed by atoms with Crippen LogP contribution in [0.2, 0.25) is 0 Å². The first-order valence-corrected chi connectivity index (χ1v) is 8.33. The summed E-state index contributed by atoms with van der Waals surface area (Å²) in [4.78, 5) is 6.36. The molecule has 1 aliphatic carbocycles. The number of hydrogen-bond donors (Lipinski definition) is 0. The van der Waals surface area contributed by atoms with Crippen molar-refractivity contribution >= 4 is 16.7 Å². The van der Waals surface area contributed by atoms with E-state index in [-0.39, 0.29) is 0 Å². The van der Waals surface area contributed by atoms with Gasteiger partial charge in [0.15, 0.2) is 0 Å². The summed E-state index contributed by atoms with van der Waals surface area (Å²) in [5, 5.41) is 2.03. The van der Waals surface area contributed by atoms with Gasteiger partial charge < -0.3 is 9.32 Å². The van der Waals surface area contributed by atoms with Crippen molar-refractivity contribution in [3.8, 4) is 22.5 Å². The Kier molecular flexibility index (Phi) is 3.77. The Bertz CT molecular complexity index is 1080. The zero-order valence-electron chi connectivity index (χ0n) is 14.7. The normalized spacial score (nSPS) is 12.0. The highest BCUT2D eigenvalue weighted by Crippen LogP contribution is 2.40. The number of hydrogen-bond acceptors (Lipinski definition) is 3. The van der Waals surface area contributed by atoms with E-state index in [0.717, 1.165) is 33.3 Å². The zero-order chi connectivity index (χ0) is 17.4. The lowest BCUT2D eigenvalue weighted by atomic mass is 9.93. The van der Waals surface area contributed by atoms with Gasteiger partial charge in [-0.25, -0.2) is 0 Å². The number of fused-ring (bicyclic) bond motifs is 2. The van der Waals surface area contributed by atoms with Gasteiger partial charge in [0, 0.05) is 55.5 Å². The van der Waals surface area contributed by atoms with Gasteiger partial charge in [0.1, 0.15) is 11.3 Å². The SMILES string of the molecule is C/N=c1\ccc2c(-c3ccccc3)c3ccc(N(C)C)cc3oc-2c1. The van der Waals surface area contributed by atoms with Gasteiger partial charge in [-0.05, 0) is 29.8 Å². The van der Waals surface area contributed by atoms with Gasteiger partial charge in [0.2, 0.25) is 0 Å². The standard InChI is InChI=1S/C22H20N2O/c1-23-16-9-11-18-20(13-16)25-21-14-17(24(2)3)10-12-19(21)22(18)15-7-5-4-6-8-15/h4-14H,1-3H3/b23-16+. The first-order chi connectivity index (χ1) is 12.2. The Morgan fingerprint density at radius 1 is 0.880 bits per heavy atom. The minimum atomic E-state index is 0.852. The molecule has 2 aromatic rings. The molecule has 0 bridgehead atoms. The lowest BCUT2D eigenvalue weighted by molar-refractivity contribution is 0.619. The van der Waals surface area contributed by atoms with Crippen molar-refractivity contribution in [1.29, 1.82) is 0 Å². The van der Waals surface area contributed by atoms with E-state index in [2.05, 4.69) is 58.4 Å². The predicted octanol–water partition coefficient (Wildman–Crippen LogP) is 4.80. The smallest absolute Gasteiger partial charge is 0.137 e. The second kappa shape index (κ2) is 6.10. The van der Waals surface area contributed by atoms with Gasteiger partial charge in [0.05, 0.1) is 5.36 Å². The summed E-state index contributed by atoms with van der Waals surface area (Å²) in [5.74, 6) is 0.852. The fourth-order valence-electron chi connectivity index (χ4n) is 3.20. The summed E-state index contributed by atoms with van der Waals surface area (Å²) in [6, 6.07) is 23.0. The largest absolute Gasteiger partial charge is 0.456 e. The molecule has 2 aliphatic rings. The van der Waals surface area contributed by atoms with Crippen LogP contribution >= 0.6 is 0 Å². The topological polar surface area (TPSA) is 28.7 Å². The molecule has 2 aromatic carbocycles. The quantitative estimate of drug-likeness (QED) is 0.495. The highest BCUT2D eigenvalue weighted by atomic mass is 16.3. The molecule has 124 valence electrons. The third-order valence-corrected chi connectivity index (χ3v) is 4.53. The Labute approximate surface area is 147 Å². The lowest BCUT2D eigenvalue weighted by Gasteiger charge is -2.18. The van der Waals surface area contributed by atoms with Crippen molar-refractivity contribution in [2.75, 3.05) is 26.0 Å². The minimum Gasteiger partial charge on any atom is -0.456 e. The Morgan fingerprint density at radius 3 is 2.40 bits per heavy atom. The second-order valence-electron chi connectivity index (χ2n) is 6.32. The van der Waals surface area contributed by atoms with E-state index >= 15 is 0 Å². The van der Waals surface area contributed by atoms with Gasteiger partial charge in [0.25, 0.3) is 0 Å². The molecule has 0 N–H and O–H groups in total. The van der Waals surface area contributed by atoms with Crippen LogP contribution in [0.1, 0.15) is 0 Å². The lowest BCUT2D eigenvalue weighted by Crippen LogP contribution is -2.08. The van der Waals surface area contributed by atoms with E-state index in [1.54, 1.807) is 7.05 Å². The predicted molar refractivity (Wildman–Crippen MR) is 104 cm³/mol. The van der Waals surface area contributed by atoms with Crippen LogP contribution in [0.25, 0.3) is 33.4 Å². The van der Waals surface area contributed by atoms with Gasteiger partial charge in [-0.1, -0.05) is 30.3 Å². The van der Waals surface area contributed by atoms with Crippen molar-refractivity contribution in [3.05, 3.63) is 72.1 Å². The molecule has 0 saturated carbocycles. The minimum absolute atomic E-state index is 0.852. The maximum Gasteiger partial charge on any atom is 0.137 e. The van der Waals surface area contributed by atoms with Crippen LogP contribution < -0.4 is 10.3 Å². The monoisotopic (exact) mass is 328 g/mol. The molecule has 25 heavy (non-hydrogen) atoms. The van der Waals surface area contributed by atoms with E-state index in [1.165, 1.54) is 11.1 Å². The Hall–Kier alpha value is -3.07. The van der Waals surface area contributed by atoms with Crippen molar-refractivity contribution in [1.82, 2.24) is 0 Å². The van der Waals surface area contributed by atoms with Crippen LogP contribution in [0.5, 0.6) is 0 Å². The third-order valence-electron chi connectivity index (χ3n) is 4.53. The molecule has 0 atom stereocenters. The van der Waals surface area contributed by atoms with Crippen LogP contribution in [0.3, 0.4) is 0 Å². The summed E-state index contributed by atoms with van der Waals surface area (Å²) in [6.07, 6.45) is 0. The summed E-state index contributed by atoms with van der Waals surface area (Å²) < 4.78 is 6.25. The summed E-state index contributed by atoms with van der Waals surface area (Å²) in [6.45, 7) is 0. The van der Waals surface area contributed by atoms with Crippen molar-refractivity contribution in [3.63, 3.8) is 0 Å². The number of benzene rings is 3. The summed E-state index contributed by atoms with van der Waals surface area (Å²) >= 11 is 0. The van der Waals surface area contributed by atoms with Crippen molar-refractivity contribution < 1.29 is 4.42 Å². The van der Waals surface area contributed by atoms with Crippen LogP contribution in [0.15, 0.2) is 76.1 Å². The number of anilines is 1. The first-order valence-electron chi connectivity index (χ1n) is 8.33. The van der Waals surface area contributed by atoms with E-state index in [0.29, 0.717) is 0 Å². The number of nitrogens with zero attached hydrogens (tertiary/aromatic N) is 2. The van der Waals surface area contributed by atoms with E-state index < -0.39 is 0 Å². The maximum absolute atomic E-state index is 6.25. The van der Waals surface area contributed by atoms with E-state index in [4.69, 9.17) is 4.42 Å². The highest BCUT2D eigenvalue weighted by molar-refractivity contribution is 6.02. The highest BCUT2D eigenvalue weighted by Gasteiger charge is 2.17.